The third kappa shape index (κ3) is 4.96. The zero-order valence-corrected chi connectivity index (χ0v) is 13.9. The number of ether oxygens (including phenoxy) is 2. The van der Waals surface area contributed by atoms with E-state index in [1.807, 2.05) is 20.3 Å². The van der Waals surface area contributed by atoms with Crippen molar-refractivity contribution >= 4 is 14.1 Å². The Morgan fingerprint density at radius 1 is 1.40 bits per heavy atom. The lowest BCUT2D eigenvalue weighted by Crippen LogP contribution is -2.58. The van der Waals surface area contributed by atoms with Crippen molar-refractivity contribution in [1.82, 2.24) is 5.32 Å². The van der Waals surface area contributed by atoms with Crippen molar-refractivity contribution in [2.24, 2.45) is 11.8 Å². The minimum atomic E-state index is -1.31. The summed E-state index contributed by atoms with van der Waals surface area (Å²) in [6, 6.07) is -0.110. The minimum Gasteiger partial charge on any atom is -0.382 e. The number of amides is 1. The number of hydrogen-bond donors (Lipinski definition) is 1. The zero-order chi connectivity index (χ0) is 16.9. The third-order valence-electron chi connectivity index (χ3n) is 3.86. The second kappa shape index (κ2) is 8.28. The molecule has 0 radical (unpaired) electrons. The minimum absolute atomic E-state index is 0.0833. The van der Waals surface area contributed by atoms with Crippen LogP contribution < -0.4 is 5.32 Å². The summed E-state index contributed by atoms with van der Waals surface area (Å²) in [7, 11) is -1.82. The van der Waals surface area contributed by atoms with E-state index >= 15 is 0 Å². The van der Waals surface area contributed by atoms with Crippen molar-refractivity contribution in [2.45, 2.75) is 39.0 Å². The van der Waals surface area contributed by atoms with E-state index in [0.29, 0.717) is 6.61 Å². The van der Waals surface area contributed by atoms with E-state index in [-0.39, 0.29) is 42.6 Å². The summed E-state index contributed by atoms with van der Waals surface area (Å²) in [5.41, 5.74) is 0. The molecule has 20 heavy (non-hydrogen) atoms. The highest BCUT2D eigenvalue weighted by molar-refractivity contribution is 7.50. The average Bonchev–Trinajstić information content (AvgIpc) is 2.41. The molecule has 0 aromatic heterocycles. The van der Waals surface area contributed by atoms with Crippen LogP contribution in [0.2, 0.25) is 0 Å². The van der Waals surface area contributed by atoms with Gasteiger partial charge in [-0.05, 0) is 25.2 Å². The van der Waals surface area contributed by atoms with E-state index < -0.39 is 15.2 Å². The number of hydrogen-bond acceptors (Lipinski definition) is 4. The van der Waals surface area contributed by atoms with Gasteiger partial charge in [-0.2, -0.15) is 0 Å². The van der Waals surface area contributed by atoms with Crippen LogP contribution in [0.5, 0.6) is 0 Å². The first-order valence-electron chi connectivity index (χ1n) is 8.06. The second-order valence-electron chi connectivity index (χ2n) is 5.60. The summed E-state index contributed by atoms with van der Waals surface area (Å²) in [5, 5.41) is 2.97. The second-order valence-corrected chi connectivity index (χ2v) is 7.48. The number of methoxy groups -OCH3 is 1. The maximum Gasteiger partial charge on any atom is 0.217 e. The molecule has 1 saturated heterocycles. The van der Waals surface area contributed by atoms with E-state index in [1.54, 1.807) is 0 Å². The molecule has 0 aromatic carbocycles. The maximum atomic E-state index is 11.5. The summed E-state index contributed by atoms with van der Waals surface area (Å²) in [6.07, 6.45) is -0.449. The van der Waals surface area contributed by atoms with Gasteiger partial charge in [-0.25, -0.2) is 0 Å². The molecule has 1 aliphatic heterocycles. The van der Waals surface area contributed by atoms with Gasteiger partial charge in [-0.3, -0.25) is 4.79 Å². The predicted octanol–water partition coefficient (Wildman–Crippen LogP) is 1.85. The van der Waals surface area contributed by atoms with Crippen molar-refractivity contribution in [3.05, 3.63) is 0 Å². The Hall–Kier alpha value is -0.220. The van der Waals surface area contributed by atoms with Crippen LogP contribution in [0.15, 0.2) is 0 Å². The van der Waals surface area contributed by atoms with Crippen LogP contribution in [0, 0.1) is 11.8 Å². The van der Waals surface area contributed by atoms with Crippen LogP contribution in [0.25, 0.3) is 0 Å². The van der Waals surface area contributed by atoms with Gasteiger partial charge < -0.3 is 19.3 Å². The summed E-state index contributed by atoms with van der Waals surface area (Å²) in [6.45, 7) is 10.3. The van der Waals surface area contributed by atoms with E-state index in [9.17, 15) is 4.79 Å². The highest BCUT2D eigenvalue weighted by Crippen LogP contribution is 2.33. The molecule has 0 saturated carbocycles. The monoisotopic (exact) mass is 308 g/mol. The quantitative estimate of drug-likeness (QED) is 0.761. The van der Waals surface area contributed by atoms with Crippen LogP contribution in [-0.2, 0) is 18.8 Å². The molecular formula is C14H28NO4P. The molecule has 5 nitrogen and oxygen atoms in total. The summed E-state index contributed by atoms with van der Waals surface area (Å²) in [5.74, 6) is 0.256. The van der Waals surface area contributed by atoms with Gasteiger partial charge in [0.2, 0.25) is 5.91 Å². The summed E-state index contributed by atoms with van der Waals surface area (Å²) < 4.78 is 31.1. The van der Waals surface area contributed by atoms with Gasteiger partial charge >= 0.3 is 0 Å². The van der Waals surface area contributed by atoms with Gasteiger partial charge in [0.25, 0.3) is 0 Å². The molecule has 1 rings (SSSR count). The number of nitrogens with one attached hydrogen (secondary N) is 1. The van der Waals surface area contributed by atoms with Gasteiger partial charge in [0.05, 0.1) is 28.1 Å². The first-order valence-corrected chi connectivity index (χ1v) is 9.06. The first-order chi connectivity index (χ1) is 10.2. The Balaban J connectivity index is 2.77. The number of rotatable bonds is 6. The zero-order valence-electron chi connectivity index (χ0n) is 15.0. The molecule has 1 fully saturated rings. The molecule has 1 unspecified atom stereocenters. The molecule has 0 aromatic rings. The predicted molar refractivity (Wildman–Crippen MR) is 81.2 cm³/mol. The largest absolute Gasteiger partial charge is 0.382 e. The molecule has 6 atom stereocenters. The lowest BCUT2D eigenvalue weighted by Gasteiger charge is -2.45. The Bertz CT molecular complexity index is 360. The van der Waals surface area contributed by atoms with Gasteiger partial charge in [0.1, 0.15) is 6.10 Å². The van der Waals surface area contributed by atoms with Gasteiger partial charge in [0, 0.05) is 22.1 Å². The van der Waals surface area contributed by atoms with E-state index in [4.69, 9.17) is 16.7 Å². The van der Waals surface area contributed by atoms with E-state index in [1.165, 1.54) is 6.92 Å². The number of carbonyl (C=O) groups is 1. The molecule has 1 amide bonds. The Morgan fingerprint density at radius 2 is 2.10 bits per heavy atom. The van der Waals surface area contributed by atoms with Crippen molar-refractivity contribution < 1.29 is 21.5 Å². The molecular weight excluding hydrogens is 277 g/mol. The fourth-order valence-electron chi connectivity index (χ4n) is 2.55. The normalized spacial score (nSPS) is 37.2. The van der Waals surface area contributed by atoms with Gasteiger partial charge in [0.15, 0.2) is 0 Å². The van der Waals surface area contributed by atoms with Crippen molar-refractivity contribution in [1.29, 1.82) is 0 Å². The van der Waals surface area contributed by atoms with E-state index in [2.05, 4.69) is 12.2 Å². The van der Waals surface area contributed by atoms with Gasteiger partial charge in [-0.1, -0.05) is 13.8 Å². The molecule has 118 valence electrons. The van der Waals surface area contributed by atoms with Crippen molar-refractivity contribution in [2.75, 3.05) is 33.6 Å². The number of carbonyl (C=O) groups excluding carboxylic acids is 1. The van der Waals surface area contributed by atoms with Gasteiger partial charge in [-0.15, -0.1) is 0 Å². The molecule has 0 aliphatic carbocycles. The van der Waals surface area contributed by atoms with Crippen LogP contribution in [0.1, 0.15) is 23.5 Å². The molecule has 1 aliphatic rings. The van der Waals surface area contributed by atoms with Crippen molar-refractivity contribution in [3.63, 3.8) is 0 Å². The Labute approximate surface area is 126 Å². The highest BCUT2D eigenvalue weighted by atomic mass is 31.1. The smallest absolute Gasteiger partial charge is 0.217 e. The highest BCUT2D eigenvalue weighted by Gasteiger charge is 2.41. The Morgan fingerprint density at radius 3 is 2.65 bits per heavy atom. The molecule has 0 bridgehead atoms. The maximum absolute atomic E-state index is 11.5. The molecule has 6 heteroatoms. The summed E-state index contributed by atoms with van der Waals surface area (Å²) >= 11 is 0. The molecule has 0 spiro atoms. The summed E-state index contributed by atoms with van der Waals surface area (Å²) in [4.78, 5) is 11.5. The standard InChI is InChI=1S/C14H28NO4P/c1-9-10(2)14(15-11(3)16)13(8-18-20(5)6)19-12(9)7-17-4/h9-10,12-14H,7-8H2,1-6H3,(H,15,16)/t9-,10+,12-,13+,14-/m1/s1/i4TD/t4?,9-,10+,12-,13+,14-. The van der Waals surface area contributed by atoms with Crippen LogP contribution >= 0.6 is 8.15 Å². The lowest BCUT2D eigenvalue weighted by molar-refractivity contribution is -0.154. The van der Waals surface area contributed by atoms with Crippen molar-refractivity contribution in [3.8, 4) is 0 Å². The lowest BCUT2D eigenvalue weighted by atomic mass is 9.80. The average molecular weight is 308 g/mol. The SMILES string of the molecule is [2H]C([3H])OC[C@H]1O[C@@H](COP(C)C)[C@H](NC(C)=O)[C@@H](C)[C@H]1C. The van der Waals surface area contributed by atoms with Crippen LogP contribution in [0.4, 0.5) is 0 Å². The fraction of sp³-hybridized carbons (Fsp3) is 0.929. The van der Waals surface area contributed by atoms with E-state index in [0.717, 1.165) is 0 Å². The third-order valence-corrected chi connectivity index (χ3v) is 4.53. The first kappa shape index (κ1) is 14.7. The fourth-order valence-corrected chi connectivity index (χ4v) is 2.99. The van der Waals surface area contributed by atoms with Crippen LogP contribution in [0.3, 0.4) is 0 Å². The topological polar surface area (TPSA) is 56.8 Å². The molecule has 1 N–H and O–H groups in total. The molecule has 1 heterocycles. The Kier molecular flexibility index (Phi) is 6.09. The van der Waals surface area contributed by atoms with Crippen LogP contribution in [-0.4, -0.2) is 57.8 Å².